The Balaban J connectivity index is 2.28. The molecular formula is C18H23N3O3S. The van der Waals surface area contributed by atoms with Gasteiger partial charge in [0.15, 0.2) is 0 Å². The summed E-state index contributed by atoms with van der Waals surface area (Å²) in [5.74, 6) is -0.344. The van der Waals surface area contributed by atoms with Crippen molar-refractivity contribution < 1.29 is 13.2 Å². The van der Waals surface area contributed by atoms with Gasteiger partial charge in [-0.3, -0.25) is 4.79 Å². The van der Waals surface area contributed by atoms with E-state index in [2.05, 4.69) is 10.0 Å². The summed E-state index contributed by atoms with van der Waals surface area (Å²) < 4.78 is 27.4. The minimum Gasteiger partial charge on any atom is -0.399 e. The molecule has 0 saturated heterocycles. The first-order valence-corrected chi connectivity index (χ1v) is 9.28. The fourth-order valence-corrected chi connectivity index (χ4v) is 3.75. The summed E-state index contributed by atoms with van der Waals surface area (Å²) in [6, 6.07) is 11.2. The molecule has 4 N–H and O–H groups in total. The highest BCUT2D eigenvalue weighted by Crippen LogP contribution is 2.19. The molecule has 2 rings (SSSR count). The molecule has 0 aromatic heterocycles. The van der Waals surface area contributed by atoms with Crippen molar-refractivity contribution in [2.45, 2.75) is 38.1 Å². The second kappa shape index (κ2) is 6.85. The second-order valence-corrected chi connectivity index (χ2v) is 8.59. The quantitative estimate of drug-likeness (QED) is 0.729. The minimum absolute atomic E-state index is 0.0875. The number of aryl methyl sites for hydroxylation is 1. The predicted molar refractivity (Wildman–Crippen MR) is 100 cm³/mol. The molecule has 0 fully saturated rings. The molecular weight excluding hydrogens is 338 g/mol. The van der Waals surface area contributed by atoms with E-state index in [0.29, 0.717) is 16.9 Å². The average molecular weight is 361 g/mol. The number of nitrogen functional groups attached to an aromatic ring is 1. The molecule has 0 aliphatic rings. The van der Waals surface area contributed by atoms with Gasteiger partial charge in [-0.05, 0) is 63.6 Å². The Bertz CT molecular complexity index is 900. The topological polar surface area (TPSA) is 101 Å². The molecule has 0 bridgehead atoms. The third kappa shape index (κ3) is 5.04. The van der Waals surface area contributed by atoms with Crippen LogP contribution < -0.4 is 15.8 Å². The zero-order valence-corrected chi connectivity index (χ0v) is 15.6. The third-order valence-electron chi connectivity index (χ3n) is 3.35. The number of rotatable bonds is 4. The van der Waals surface area contributed by atoms with E-state index in [0.717, 1.165) is 5.56 Å². The summed E-state index contributed by atoms with van der Waals surface area (Å²) >= 11 is 0. The fourth-order valence-electron chi connectivity index (χ4n) is 2.29. The number of hydrogen-bond donors (Lipinski definition) is 3. The maximum Gasteiger partial charge on any atom is 0.256 e. The van der Waals surface area contributed by atoms with Crippen molar-refractivity contribution in [1.82, 2.24) is 4.72 Å². The Morgan fingerprint density at radius 2 is 1.76 bits per heavy atom. The molecule has 0 aliphatic heterocycles. The molecule has 0 heterocycles. The van der Waals surface area contributed by atoms with Gasteiger partial charge in [0, 0.05) is 22.5 Å². The molecule has 0 saturated carbocycles. The van der Waals surface area contributed by atoms with Gasteiger partial charge in [0.05, 0.1) is 4.90 Å². The Morgan fingerprint density at radius 1 is 1.08 bits per heavy atom. The highest BCUT2D eigenvalue weighted by atomic mass is 32.2. The molecule has 0 atom stereocenters. The second-order valence-electron chi connectivity index (χ2n) is 6.91. The highest BCUT2D eigenvalue weighted by molar-refractivity contribution is 7.89. The molecule has 134 valence electrons. The van der Waals surface area contributed by atoms with E-state index >= 15 is 0 Å². The van der Waals surface area contributed by atoms with Crippen molar-refractivity contribution in [2.24, 2.45) is 0 Å². The van der Waals surface area contributed by atoms with Crippen molar-refractivity contribution in [1.29, 1.82) is 0 Å². The number of amides is 1. The zero-order valence-electron chi connectivity index (χ0n) is 14.8. The van der Waals surface area contributed by atoms with Crippen molar-refractivity contribution >= 4 is 27.3 Å². The summed E-state index contributed by atoms with van der Waals surface area (Å²) in [4.78, 5) is 12.5. The van der Waals surface area contributed by atoms with Gasteiger partial charge in [0.2, 0.25) is 10.0 Å². The van der Waals surface area contributed by atoms with E-state index in [1.165, 1.54) is 12.1 Å². The number of carbonyl (C=O) groups excluding carboxylic acids is 1. The van der Waals surface area contributed by atoms with Crippen LogP contribution in [0.4, 0.5) is 11.4 Å². The first-order chi connectivity index (χ1) is 11.5. The normalized spacial score (nSPS) is 12.0. The van der Waals surface area contributed by atoms with Gasteiger partial charge in [-0.25, -0.2) is 13.1 Å². The van der Waals surface area contributed by atoms with Crippen molar-refractivity contribution in [2.75, 3.05) is 11.1 Å². The lowest BCUT2D eigenvalue weighted by molar-refractivity contribution is 0.102. The average Bonchev–Trinajstić information content (AvgIpc) is 2.47. The number of carbonyl (C=O) groups is 1. The van der Waals surface area contributed by atoms with E-state index in [4.69, 9.17) is 5.73 Å². The fraction of sp³-hybridized carbons (Fsp3) is 0.278. The van der Waals surface area contributed by atoms with Crippen LogP contribution in [0.1, 0.15) is 36.7 Å². The highest BCUT2D eigenvalue weighted by Gasteiger charge is 2.22. The lowest BCUT2D eigenvalue weighted by Crippen LogP contribution is -2.40. The summed E-state index contributed by atoms with van der Waals surface area (Å²) in [7, 11) is -3.68. The van der Waals surface area contributed by atoms with Crippen LogP contribution in [0.2, 0.25) is 0 Å². The van der Waals surface area contributed by atoms with E-state index in [1.807, 2.05) is 6.92 Å². The first kappa shape index (κ1) is 19.0. The van der Waals surface area contributed by atoms with Crippen LogP contribution in [-0.4, -0.2) is 19.9 Å². The molecule has 7 heteroatoms. The number of anilines is 2. The predicted octanol–water partition coefficient (Wildman–Crippen LogP) is 2.91. The Labute approximate surface area is 148 Å². The van der Waals surface area contributed by atoms with Gasteiger partial charge in [0.25, 0.3) is 5.91 Å². The Morgan fingerprint density at radius 3 is 2.40 bits per heavy atom. The van der Waals surface area contributed by atoms with Gasteiger partial charge < -0.3 is 11.1 Å². The lowest BCUT2D eigenvalue weighted by Gasteiger charge is -2.20. The maximum atomic E-state index is 12.4. The number of nitrogens with one attached hydrogen (secondary N) is 2. The van der Waals surface area contributed by atoms with Gasteiger partial charge >= 0.3 is 0 Å². The van der Waals surface area contributed by atoms with Crippen LogP contribution in [0, 0.1) is 6.92 Å². The van der Waals surface area contributed by atoms with Crippen molar-refractivity contribution in [3.63, 3.8) is 0 Å². The van der Waals surface area contributed by atoms with E-state index < -0.39 is 15.6 Å². The molecule has 0 radical (unpaired) electrons. The van der Waals surface area contributed by atoms with Crippen LogP contribution in [0.15, 0.2) is 47.4 Å². The van der Waals surface area contributed by atoms with E-state index in [1.54, 1.807) is 51.1 Å². The monoisotopic (exact) mass is 361 g/mol. The van der Waals surface area contributed by atoms with Gasteiger partial charge in [-0.15, -0.1) is 0 Å². The van der Waals surface area contributed by atoms with Crippen LogP contribution >= 0.6 is 0 Å². The lowest BCUT2D eigenvalue weighted by atomic mass is 10.1. The Kier molecular flexibility index (Phi) is 5.20. The van der Waals surface area contributed by atoms with Crippen LogP contribution in [-0.2, 0) is 10.0 Å². The number of hydrogen-bond acceptors (Lipinski definition) is 4. The maximum absolute atomic E-state index is 12.4. The van der Waals surface area contributed by atoms with Crippen molar-refractivity contribution in [3.8, 4) is 0 Å². The van der Waals surface area contributed by atoms with Crippen LogP contribution in [0.25, 0.3) is 0 Å². The summed E-state index contributed by atoms with van der Waals surface area (Å²) in [6.07, 6.45) is 0. The third-order valence-corrected chi connectivity index (χ3v) is 5.10. The summed E-state index contributed by atoms with van der Waals surface area (Å²) in [6.45, 7) is 7.10. The van der Waals surface area contributed by atoms with Crippen molar-refractivity contribution in [3.05, 3.63) is 53.6 Å². The SMILES string of the molecule is Cc1ccc(N)cc1C(=O)Nc1cccc(S(=O)(=O)NC(C)(C)C)c1. The molecule has 6 nitrogen and oxygen atoms in total. The molecule has 2 aromatic carbocycles. The molecule has 0 spiro atoms. The Hall–Kier alpha value is -2.38. The van der Waals surface area contributed by atoms with Gasteiger partial charge in [-0.1, -0.05) is 12.1 Å². The van der Waals surface area contributed by atoms with Crippen LogP contribution in [0.3, 0.4) is 0 Å². The minimum atomic E-state index is -3.68. The molecule has 2 aromatic rings. The molecule has 0 aliphatic carbocycles. The number of nitrogens with two attached hydrogens (primary N) is 1. The van der Waals surface area contributed by atoms with Crippen LogP contribution in [0.5, 0.6) is 0 Å². The summed E-state index contributed by atoms with van der Waals surface area (Å²) in [5, 5.41) is 2.71. The molecule has 0 unspecified atom stereocenters. The number of sulfonamides is 1. The summed E-state index contributed by atoms with van der Waals surface area (Å²) in [5.41, 5.74) is 7.24. The van der Waals surface area contributed by atoms with E-state index in [9.17, 15) is 13.2 Å². The molecule has 25 heavy (non-hydrogen) atoms. The smallest absolute Gasteiger partial charge is 0.256 e. The first-order valence-electron chi connectivity index (χ1n) is 7.79. The molecule has 1 amide bonds. The van der Waals surface area contributed by atoms with Gasteiger partial charge in [-0.2, -0.15) is 0 Å². The number of benzene rings is 2. The largest absolute Gasteiger partial charge is 0.399 e. The standard InChI is InChI=1S/C18H23N3O3S/c1-12-8-9-13(19)10-16(12)17(22)20-14-6-5-7-15(11-14)25(23,24)21-18(2,3)4/h5-11,21H,19H2,1-4H3,(H,20,22). The van der Waals surface area contributed by atoms with E-state index in [-0.39, 0.29) is 10.8 Å². The van der Waals surface area contributed by atoms with Gasteiger partial charge in [0.1, 0.15) is 0 Å². The zero-order chi connectivity index (χ0) is 18.8.